The number of hydrogen-bond acceptors (Lipinski definition) is 4. The molecule has 18 heavy (non-hydrogen) atoms. The van der Waals surface area contributed by atoms with E-state index in [1.165, 1.54) is 10.6 Å². The number of amides is 1. The average Bonchev–Trinajstić information content (AvgIpc) is 2.40. The second-order valence-corrected chi connectivity index (χ2v) is 3.67. The normalized spacial score (nSPS) is 10.3. The lowest BCUT2D eigenvalue weighted by molar-refractivity contribution is 0.199. The molecule has 0 fully saturated rings. The molecule has 0 radical (unpaired) electrons. The summed E-state index contributed by atoms with van der Waals surface area (Å²) < 4.78 is 6.23. The van der Waals surface area contributed by atoms with Gasteiger partial charge in [-0.2, -0.15) is 0 Å². The number of hydrogen-bond donors (Lipinski definition) is 1. The SMILES string of the molecule is CCCNC(=O)Oc1cnc2ccccn2c1=O. The zero-order chi connectivity index (χ0) is 13.0. The van der Waals surface area contributed by atoms with Crippen molar-refractivity contribution in [2.24, 2.45) is 0 Å². The third-order valence-electron chi connectivity index (χ3n) is 2.30. The molecule has 2 heterocycles. The minimum absolute atomic E-state index is 0.0905. The minimum Gasteiger partial charge on any atom is -0.403 e. The van der Waals surface area contributed by atoms with E-state index in [2.05, 4.69) is 10.3 Å². The van der Waals surface area contributed by atoms with Crippen molar-refractivity contribution in [3.63, 3.8) is 0 Å². The number of carbonyl (C=O) groups is 1. The van der Waals surface area contributed by atoms with Gasteiger partial charge in [-0.25, -0.2) is 9.78 Å². The van der Waals surface area contributed by atoms with Crippen molar-refractivity contribution in [1.29, 1.82) is 0 Å². The molecule has 0 aromatic carbocycles. The van der Waals surface area contributed by atoms with Crippen LogP contribution in [0.25, 0.3) is 5.65 Å². The Bertz CT molecular complexity index is 621. The molecule has 0 aliphatic rings. The van der Waals surface area contributed by atoms with Crippen LogP contribution in [0.4, 0.5) is 4.79 Å². The Hall–Kier alpha value is -2.37. The molecule has 0 spiro atoms. The Balaban J connectivity index is 2.27. The van der Waals surface area contributed by atoms with Crippen molar-refractivity contribution >= 4 is 11.7 Å². The van der Waals surface area contributed by atoms with Crippen LogP contribution in [0.5, 0.6) is 5.75 Å². The van der Waals surface area contributed by atoms with E-state index in [-0.39, 0.29) is 5.75 Å². The molecule has 0 aliphatic heterocycles. The maximum atomic E-state index is 12.0. The van der Waals surface area contributed by atoms with Crippen LogP contribution in [-0.4, -0.2) is 22.0 Å². The number of fused-ring (bicyclic) bond motifs is 1. The number of ether oxygens (including phenoxy) is 1. The van der Waals surface area contributed by atoms with Crippen molar-refractivity contribution in [3.05, 3.63) is 40.9 Å². The Morgan fingerprint density at radius 2 is 2.33 bits per heavy atom. The highest BCUT2D eigenvalue weighted by atomic mass is 16.6. The van der Waals surface area contributed by atoms with Gasteiger partial charge in [0.25, 0.3) is 0 Å². The van der Waals surface area contributed by atoms with Gasteiger partial charge in [-0.05, 0) is 18.6 Å². The van der Waals surface area contributed by atoms with Crippen molar-refractivity contribution < 1.29 is 9.53 Å². The van der Waals surface area contributed by atoms with Crippen LogP contribution in [-0.2, 0) is 0 Å². The fraction of sp³-hybridized carbons (Fsp3) is 0.250. The van der Waals surface area contributed by atoms with Crippen molar-refractivity contribution in [2.45, 2.75) is 13.3 Å². The molecule has 2 rings (SSSR count). The van der Waals surface area contributed by atoms with Crippen LogP contribution in [0.2, 0.25) is 0 Å². The molecule has 6 heteroatoms. The van der Waals surface area contributed by atoms with E-state index in [1.807, 2.05) is 6.92 Å². The second kappa shape index (κ2) is 5.31. The molecular weight excluding hydrogens is 234 g/mol. The van der Waals surface area contributed by atoms with Crippen LogP contribution in [0.15, 0.2) is 35.4 Å². The molecule has 0 saturated carbocycles. The van der Waals surface area contributed by atoms with Gasteiger partial charge < -0.3 is 10.1 Å². The van der Waals surface area contributed by atoms with Crippen LogP contribution in [0, 0.1) is 0 Å². The van der Waals surface area contributed by atoms with E-state index in [9.17, 15) is 9.59 Å². The predicted octanol–water partition coefficient (Wildman–Crippen LogP) is 1.19. The molecule has 0 aliphatic carbocycles. The zero-order valence-corrected chi connectivity index (χ0v) is 9.92. The maximum Gasteiger partial charge on any atom is 0.412 e. The molecule has 0 atom stereocenters. The van der Waals surface area contributed by atoms with E-state index in [1.54, 1.807) is 24.4 Å². The van der Waals surface area contributed by atoms with Gasteiger partial charge in [0.1, 0.15) is 5.65 Å². The minimum atomic E-state index is -0.647. The third-order valence-corrected chi connectivity index (χ3v) is 2.30. The molecule has 6 nitrogen and oxygen atoms in total. The second-order valence-electron chi connectivity index (χ2n) is 3.67. The first-order valence-corrected chi connectivity index (χ1v) is 5.64. The van der Waals surface area contributed by atoms with Gasteiger partial charge in [-0.15, -0.1) is 0 Å². The quantitative estimate of drug-likeness (QED) is 0.884. The molecule has 1 N–H and O–H groups in total. The van der Waals surface area contributed by atoms with Gasteiger partial charge in [-0.3, -0.25) is 9.20 Å². The monoisotopic (exact) mass is 247 g/mol. The van der Waals surface area contributed by atoms with Crippen molar-refractivity contribution in [3.8, 4) is 5.75 Å². The summed E-state index contributed by atoms with van der Waals surface area (Å²) >= 11 is 0. The molecule has 0 bridgehead atoms. The average molecular weight is 247 g/mol. The van der Waals surface area contributed by atoms with Gasteiger partial charge in [0.15, 0.2) is 0 Å². The smallest absolute Gasteiger partial charge is 0.403 e. The highest BCUT2D eigenvalue weighted by Gasteiger charge is 2.09. The van der Waals surface area contributed by atoms with E-state index in [4.69, 9.17) is 4.74 Å². The summed E-state index contributed by atoms with van der Waals surface area (Å²) in [5.41, 5.74) is 0.0936. The van der Waals surface area contributed by atoms with Crippen molar-refractivity contribution in [1.82, 2.24) is 14.7 Å². The lowest BCUT2D eigenvalue weighted by Crippen LogP contribution is -2.30. The molecule has 2 aromatic rings. The molecule has 0 unspecified atom stereocenters. The summed E-state index contributed by atoms with van der Waals surface area (Å²) in [6.45, 7) is 2.42. The van der Waals surface area contributed by atoms with Crippen LogP contribution >= 0.6 is 0 Å². The Kier molecular flexibility index (Phi) is 3.57. The predicted molar refractivity (Wildman–Crippen MR) is 65.8 cm³/mol. The maximum absolute atomic E-state index is 12.0. The van der Waals surface area contributed by atoms with E-state index in [0.717, 1.165) is 6.42 Å². The topological polar surface area (TPSA) is 72.7 Å². The van der Waals surface area contributed by atoms with Crippen LogP contribution in [0.3, 0.4) is 0 Å². The van der Waals surface area contributed by atoms with Gasteiger partial charge in [0.05, 0.1) is 6.20 Å². The zero-order valence-electron chi connectivity index (χ0n) is 9.92. The number of nitrogens with zero attached hydrogens (tertiary/aromatic N) is 2. The summed E-state index contributed by atoms with van der Waals surface area (Å²) in [7, 11) is 0. The van der Waals surface area contributed by atoms with Gasteiger partial charge >= 0.3 is 11.7 Å². The summed E-state index contributed by atoms with van der Waals surface area (Å²) in [6.07, 6.45) is 2.97. The first kappa shape index (κ1) is 12.1. The van der Waals surface area contributed by atoms with Gasteiger partial charge in [0, 0.05) is 12.7 Å². The highest BCUT2D eigenvalue weighted by Crippen LogP contribution is 2.03. The summed E-state index contributed by atoms with van der Waals surface area (Å²) in [5.74, 6) is -0.0905. The summed E-state index contributed by atoms with van der Waals surface area (Å²) in [5, 5.41) is 2.52. The third kappa shape index (κ3) is 2.48. The fourth-order valence-electron chi connectivity index (χ4n) is 1.44. The number of rotatable bonds is 3. The van der Waals surface area contributed by atoms with Gasteiger partial charge in [-0.1, -0.05) is 13.0 Å². The number of carbonyl (C=O) groups excluding carboxylic acids is 1. The molecule has 2 aromatic heterocycles. The Labute approximate surface area is 103 Å². The summed E-state index contributed by atoms with van der Waals surface area (Å²) in [6, 6.07) is 5.18. The standard InChI is InChI=1S/C12H13N3O3/c1-2-6-13-12(17)18-9-8-14-10-5-3-4-7-15(10)11(9)16/h3-5,7-8H,2,6H2,1H3,(H,13,17). The first-order valence-electron chi connectivity index (χ1n) is 5.64. The lowest BCUT2D eigenvalue weighted by Gasteiger charge is -2.05. The first-order chi connectivity index (χ1) is 8.72. The van der Waals surface area contributed by atoms with Crippen LogP contribution < -0.4 is 15.6 Å². The fourth-order valence-corrected chi connectivity index (χ4v) is 1.44. The number of pyridine rings is 1. The van der Waals surface area contributed by atoms with Crippen LogP contribution in [0.1, 0.15) is 13.3 Å². The number of aromatic nitrogens is 2. The van der Waals surface area contributed by atoms with Crippen molar-refractivity contribution in [2.75, 3.05) is 6.54 Å². The molecule has 94 valence electrons. The Morgan fingerprint density at radius 3 is 3.11 bits per heavy atom. The largest absolute Gasteiger partial charge is 0.412 e. The highest BCUT2D eigenvalue weighted by molar-refractivity contribution is 5.70. The lowest BCUT2D eigenvalue weighted by atomic mass is 10.4. The van der Waals surface area contributed by atoms with Gasteiger partial charge in [0.2, 0.25) is 5.75 Å². The van der Waals surface area contributed by atoms with E-state index < -0.39 is 11.7 Å². The molecular formula is C12H13N3O3. The molecule has 0 saturated heterocycles. The Morgan fingerprint density at radius 1 is 1.50 bits per heavy atom. The van der Waals surface area contributed by atoms with E-state index >= 15 is 0 Å². The summed E-state index contributed by atoms with van der Waals surface area (Å²) in [4.78, 5) is 27.3. The number of nitrogens with one attached hydrogen (secondary N) is 1. The molecule has 1 amide bonds. The van der Waals surface area contributed by atoms with E-state index in [0.29, 0.717) is 12.2 Å².